The first-order valence-corrected chi connectivity index (χ1v) is 11.9. The summed E-state index contributed by atoms with van der Waals surface area (Å²) in [6, 6.07) is 12.8. The van der Waals surface area contributed by atoms with Gasteiger partial charge in [-0.2, -0.15) is 21.7 Å². The van der Waals surface area contributed by atoms with Crippen molar-refractivity contribution >= 4 is 45.6 Å². The summed E-state index contributed by atoms with van der Waals surface area (Å²) in [5, 5.41) is 12.6. The van der Waals surface area contributed by atoms with E-state index >= 15 is 0 Å². The third kappa shape index (κ3) is 3.90. The summed E-state index contributed by atoms with van der Waals surface area (Å²) in [7, 11) is 1.62. The molecule has 0 amide bonds. The molecule has 5 rings (SSSR count). The molecule has 2 aliphatic rings. The van der Waals surface area contributed by atoms with Crippen LogP contribution in [0.3, 0.4) is 0 Å². The first-order chi connectivity index (χ1) is 15.2. The van der Waals surface area contributed by atoms with Gasteiger partial charge in [-0.3, -0.25) is 0 Å². The van der Waals surface area contributed by atoms with Crippen molar-refractivity contribution in [1.82, 2.24) is 9.97 Å². The lowest BCUT2D eigenvalue weighted by molar-refractivity contribution is 0.322. The molecule has 0 saturated carbocycles. The van der Waals surface area contributed by atoms with Crippen molar-refractivity contribution in [3.05, 3.63) is 52.7 Å². The van der Waals surface area contributed by atoms with Gasteiger partial charge in [-0.1, -0.05) is 35.9 Å². The number of aliphatic hydroxyl groups is 1. The molecule has 1 N–H and O–H groups in total. The summed E-state index contributed by atoms with van der Waals surface area (Å²) in [4.78, 5) is 14.1. The molecule has 3 aromatic rings. The minimum Gasteiger partial charge on any atom is -0.467 e. The summed E-state index contributed by atoms with van der Waals surface area (Å²) in [5.74, 6) is 1.78. The molecule has 6 nitrogen and oxygen atoms in total. The van der Waals surface area contributed by atoms with Gasteiger partial charge >= 0.3 is 6.01 Å². The highest BCUT2D eigenvalue weighted by atomic mass is 35.5. The maximum absolute atomic E-state index is 9.06. The fraction of sp³-hybridized carbons (Fsp3) is 0.391. The van der Waals surface area contributed by atoms with E-state index in [1.54, 1.807) is 7.11 Å². The molecular weight excluding hydrogens is 432 g/mol. The van der Waals surface area contributed by atoms with Crippen LogP contribution in [0.1, 0.15) is 11.3 Å². The summed E-state index contributed by atoms with van der Waals surface area (Å²) >= 11 is 8.40. The minimum atomic E-state index is 0.228. The second-order valence-electron chi connectivity index (χ2n) is 7.87. The quantitative estimate of drug-likeness (QED) is 0.605. The SMILES string of the molecule is COc1nc2c(c(N3CC(SCCO)C3)n1)CCN(c1cccc3cccc(Cl)c13)C2. The number of fused-ring (bicyclic) bond motifs is 2. The van der Waals surface area contributed by atoms with Gasteiger partial charge in [0, 0.05) is 47.3 Å². The molecule has 2 aliphatic heterocycles. The van der Waals surface area contributed by atoms with Gasteiger partial charge in [0.1, 0.15) is 5.82 Å². The Balaban J connectivity index is 1.45. The molecule has 1 fully saturated rings. The molecule has 31 heavy (non-hydrogen) atoms. The fourth-order valence-electron chi connectivity index (χ4n) is 4.42. The maximum Gasteiger partial charge on any atom is 0.318 e. The van der Waals surface area contributed by atoms with Gasteiger partial charge in [0.2, 0.25) is 0 Å². The van der Waals surface area contributed by atoms with Crippen molar-refractivity contribution in [3.63, 3.8) is 0 Å². The number of rotatable bonds is 6. The molecule has 0 unspecified atom stereocenters. The van der Waals surface area contributed by atoms with Gasteiger partial charge in [-0.25, -0.2) is 0 Å². The van der Waals surface area contributed by atoms with Gasteiger partial charge in [-0.05, 0) is 23.9 Å². The van der Waals surface area contributed by atoms with Crippen LogP contribution in [-0.4, -0.2) is 59.4 Å². The number of hydrogen-bond acceptors (Lipinski definition) is 7. The number of halogens is 1. The van der Waals surface area contributed by atoms with Crippen LogP contribution in [0.15, 0.2) is 36.4 Å². The summed E-state index contributed by atoms with van der Waals surface area (Å²) in [6.45, 7) is 3.70. The highest BCUT2D eigenvalue weighted by molar-refractivity contribution is 8.00. The monoisotopic (exact) mass is 456 g/mol. The van der Waals surface area contributed by atoms with E-state index in [9.17, 15) is 0 Å². The molecule has 2 aromatic carbocycles. The van der Waals surface area contributed by atoms with E-state index in [4.69, 9.17) is 31.4 Å². The van der Waals surface area contributed by atoms with Gasteiger partial charge in [0.05, 0.1) is 31.0 Å². The van der Waals surface area contributed by atoms with Crippen LogP contribution in [0.25, 0.3) is 10.8 Å². The Bertz CT molecular complexity index is 1100. The van der Waals surface area contributed by atoms with Crippen molar-refractivity contribution in [2.75, 3.05) is 48.9 Å². The average Bonchev–Trinajstić information content (AvgIpc) is 2.77. The van der Waals surface area contributed by atoms with E-state index in [0.717, 1.165) is 64.8 Å². The van der Waals surface area contributed by atoms with Crippen molar-refractivity contribution in [3.8, 4) is 6.01 Å². The van der Waals surface area contributed by atoms with Crippen molar-refractivity contribution in [1.29, 1.82) is 0 Å². The molecule has 1 aromatic heterocycles. The van der Waals surface area contributed by atoms with E-state index < -0.39 is 0 Å². The van der Waals surface area contributed by atoms with Crippen LogP contribution in [-0.2, 0) is 13.0 Å². The zero-order valence-electron chi connectivity index (χ0n) is 17.4. The first-order valence-electron chi connectivity index (χ1n) is 10.5. The van der Waals surface area contributed by atoms with Crippen LogP contribution in [0.2, 0.25) is 5.02 Å². The first kappa shape index (κ1) is 20.7. The molecule has 0 atom stereocenters. The Labute approximate surface area is 191 Å². The molecule has 162 valence electrons. The summed E-state index contributed by atoms with van der Waals surface area (Å²) < 4.78 is 5.43. The third-order valence-electron chi connectivity index (χ3n) is 5.97. The van der Waals surface area contributed by atoms with E-state index in [1.807, 2.05) is 23.9 Å². The van der Waals surface area contributed by atoms with Crippen molar-refractivity contribution in [2.45, 2.75) is 18.2 Å². The topological polar surface area (TPSA) is 61.7 Å². The van der Waals surface area contributed by atoms with Gasteiger partial charge in [-0.15, -0.1) is 0 Å². The summed E-state index contributed by atoms with van der Waals surface area (Å²) in [5.41, 5.74) is 3.37. The lowest BCUT2D eigenvalue weighted by atomic mass is 10.0. The van der Waals surface area contributed by atoms with Gasteiger partial charge in [0.15, 0.2) is 0 Å². The van der Waals surface area contributed by atoms with Crippen LogP contribution in [0.4, 0.5) is 11.5 Å². The average molecular weight is 457 g/mol. The molecule has 3 heterocycles. The van der Waals surface area contributed by atoms with E-state index in [1.165, 1.54) is 5.56 Å². The predicted octanol–water partition coefficient (Wildman–Crippen LogP) is 3.77. The molecule has 8 heteroatoms. The zero-order valence-corrected chi connectivity index (χ0v) is 19.0. The molecule has 0 radical (unpaired) electrons. The highest BCUT2D eigenvalue weighted by Crippen LogP contribution is 2.38. The van der Waals surface area contributed by atoms with Crippen LogP contribution in [0, 0.1) is 0 Å². The number of nitrogens with zero attached hydrogens (tertiary/aromatic N) is 4. The minimum absolute atomic E-state index is 0.228. The fourth-order valence-corrected chi connectivity index (χ4v) is 5.71. The number of thioether (sulfide) groups is 1. The van der Waals surface area contributed by atoms with E-state index in [2.05, 4.69) is 34.1 Å². The Hall–Kier alpha value is -2.22. The van der Waals surface area contributed by atoms with E-state index in [0.29, 0.717) is 17.8 Å². The number of benzene rings is 2. The number of aromatic nitrogens is 2. The smallest absolute Gasteiger partial charge is 0.318 e. The zero-order chi connectivity index (χ0) is 21.4. The Morgan fingerprint density at radius 2 is 1.97 bits per heavy atom. The second kappa shape index (κ2) is 8.73. The Morgan fingerprint density at radius 3 is 2.74 bits per heavy atom. The van der Waals surface area contributed by atoms with Gasteiger partial charge in [0.25, 0.3) is 0 Å². The number of aliphatic hydroxyl groups excluding tert-OH is 1. The standard InChI is InChI=1S/C23H25ClN4O2S/c1-30-23-25-19-14-27(20-7-3-5-15-4-2-6-18(24)21(15)20)9-8-17(19)22(26-23)28-12-16(13-28)31-11-10-29/h2-7,16,29H,8-14H2,1H3. The third-order valence-corrected chi connectivity index (χ3v) is 7.47. The van der Waals surface area contributed by atoms with Gasteiger partial charge < -0.3 is 19.6 Å². The second-order valence-corrected chi connectivity index (χ2v) is 9.68. The van der Waals surface area contributed by atoms with Crippen molar-refractivity contribution < 1.29 is 9.84 Å². The summed E-state index contributed by atoms with van der Waals surface area (Å²) in [6.07, 6.45) is 0.875. The molecular formula is C23H25ClN4O2S. The number of hydrogen-bond donors (Lipinski definition) is 1. The largest absolute Gasteiger partial charge is 0.467 e. The predicted molar refractivity (Wildman–Crippen MR) is 128 cm³/mol. The maximum atomic E-state index is 9.06. The molecule has 1 saturated heterocycles. The molecule has 0 bridgehead atoms. The van der Waals surface area contributed by atoms with Crippen molar-refractivity contribution in [2.24, 2.45) is 0 Å². The Kier molecular flexibility index (Phi) is 5.82. The normalized spacial score (nSPS) is 16.4. The van der Waals surface area contributed by atoms with Crippen LogP contribution in [0.5, 0.6) is 6.01 Å². The number of methoxy groups -OCH3 is 1. The van der Waals surface area contributed by atoms with Crippen LogP contribution < -0.4 is 14.5 Å². The number of anilines is 2. The molecule has 0 aliphatic carbocycles. The highest BCUT2D eigenvalue weighted by Gasteiger charge is 2.33. The van der Waals surface area contributed by atoms with Crippen LogP contribution >= 0.6 is 23.4 Å². The Morgan fingerprint density at radius 1 is 1.16 bits per heavy atom. The lowest BCUT2D eigenvalue weighted by Crippen LogP contribution is -2.50. The molecule has 0 spiro atoms. The lowest BCUT2D eigenvalue weighted by Gasteiger charge is -2.42. The van der Waals surface area contributed by atoms with E-state index in [-0.39, 0.29) is 6.61 Å². The number of ether oxygens (including phenoxy) is 1.